The number of carbonyl (C=O) groups excluding carboxylic acids is 1. The van der Waals surface area contributed by atoms with E-state index >= 15 is 0 Å². The van der Waals surface area contributed by atoms with E-state index in [1.807, 2.05) is 43.4 Å². The van der Waals surface area contributed by atoms with Gasteiger partial charge in [0.15, 0.2) is 11.5 Å². The van der Waals surface area contributed by atoms with Gasteiger partial charge in [-0.3, -0.25) is 4.68 Å². The average Bonchev–Trinajstić information content (AvgIpc) is 2.22. The summed E-state index contributed by atoms with van der Waals surface area (Å²) in [7, 11) is 1.66. The Morgan fingerprint density at radius 1 is 1.53 bits per heavy atom. The van der Waals surface area contributed by atoms with Crippen LogP contribution >= 0.6 is 22.6 Å². The SMILES string of the molecule is Cn1nc(N)c(I)c1C(=O)OC(C)(C)C. The normalized spacial score (nSPS) is 11.5. The Balaban J connectivity index is 3.02. The van der Waals surface area contributed by atoms with E-state index in [0.29, 0.717) is 15.1 Å². The van der Waals surface area contributed by atoms with Crippen molar-refractivity contribution in [2.24, 2.45) is 7.05 Å². The molecule has 1 rings (SSSR count). The molecule has 0 aliphatic heterocycles. The van der Waals surface area contributed by atoms with Crippen molar-refractivity contribution in [3.63, 3.8) is 0 Å². The highest BCUT2D eigenvalue weighted by Crippen LogP contribution is 2.21. The molecular weight excluding hydrogens is 309 g/mol. The Kier molecular flexibility index (Phi) is 3.27. The number of rotatable bonds is 1. The number of halogens is 1. The van der Waals surface area contributed by atoms with Crippen molar-refractivity contribution in [3.05, 3.63) is 9.26 Å². The molecule has 0 radical (unpaired) electrons. The van der Waals surface area contributed by atoms with Crippen LogP contribution in [0.15, 0.2) is 0 Å². The summed E-state index contributed by atoms with van der Waals surface area (Å²) in [6, 6.07) is 0. The molecule has 84 valence electrons. The van der Waals surface area contributed by atoms with E-state index in [1.165, 1.54) is 4.68 Å². The summed E-state index contributed by atoms with van der Waals surface area (Å²) >= 11 is 1.98. The van der Waals surface area contributed by atoms with Gasteiger partial charge in [-0.15, -0.1) is 0 Å². The molecule has 2 N–H and O–H groups in total. The fourth-order valence-corrected chi connectivity index (χ4v) is 1.74. The van der Waals surface area contributed by atoms with Crippen molar-refractivity contribution in [1.82, 2.24) is 9.78 Å². The number of aromatic nitrogens is 2. The number of carbonyl (C=O) groups is 1. The smallest absolute Gasteiger partial charge is 0.358 e. The molecule has 0 spiro atoms. The lowest BCUT2D eigenvalue weighted by atomic mass is 10.2. The Morgan fingerprint density at radius 2 is 2.07 bits per heavy atom. The van der Waals surface area contributed by atoms with Crippen molar-refractivity contribution in [3.8, 4) is 0 Å². The quantitative estimate of drug-likeness (QED) is 0.629. The number of anilines is 1. The first-order chi connectivity index (χ1) is 6.72. The van der Waals surface area contributed by atoms with E-state index in [9.17, 15) is 4.79 Å². The van der Waals surface area contributed by atoms with Gasteiger partial charge in [-0.1, -0.05) is 0 Å². The van der Waals surface area contributed by atoms with Gasteiger partial charge >= 0.3 is 5.97 Å². The second-order valence-corrected chi connectivity index (χ2v) is 5.25. The summed E-state index contributed by atoms with van der Waals surface area (Å²) in [5.41, 5.74) is 5.47. The predicted molar refractivity (Wildman–Crippen MR) is 65.5 cm³/mol. The first-order valence-corrected chi connectivity index (χ1v) is 5.51. The lowest BCUT2D eigenvalue weighted by Gasteiger charge is -2.19. The van der Waals surface area contributed by atoms with Gasteiger partial charge in [0.25, 0.3) is 0 Å². The maximum absolute atomic E-state index is 11.8. The van der Waals surface area contributed by atoms with Crippen LogP contribution in [0.2, 0.25) is 0 Å². The van der Waals surface area contributed by atoms with Gasteiger partial charge in [0.05, 0.1) is 3.57 Å². The van der Waals surface area contributed by atoms with Crippen LogP contribution in [0.3, 0.4) is 0 Å². The highest BCUT2D eigenvalue weighted by Gasteiger charge is 2.24. The van der Waals surface area contributed by atoms with E-state index in [0.717, 1.165) is 0 Å². The standard InChI is InChI=1S/C9H14IN3O2/c1-9(2,3)15-8(14)6-5(10)7(11)12-13(6)4/h1-4H3,(H2,11,12). The second kappa shape index (κ2) is 3.99. The van der Waals surface area contributed by atoms with Gasteiger partial charge in [-0.25, -0.2) is 4.79 Å². The highest BCUT2D eigenvalue weighted by molar-refractivity contribution is 14.1. The predicted octanol–water partition coefficient (Wildman–Crippen LogP) is 1.56. The Hall–Kier alpha value is -0.790. The molecule has 0 unspecified atom stereocenters. The third-order valence-electron chi connectivity index (χ3n) is 1.61. The summed E-state index contributed by atoms with van der Waals surface area (Å²) in [4.78, 5) is 11.8. The van der Waals surface area contributed by atoms with Crippen LogP contribution in [0.25, 0.3) is 0 Å². The number of ether oxygens (including phenoxy) is 1. The minimum Gasteiger partial charge on any atom is -0.455 e. The van der Waals surface area contributed by atoms with Crippen molar-refractivity contribution >= 4 is 34.4 Å². The number of nitrogens with zero attached hydrogens (tertiary/aromatic N) is 2. The molecule has 0 aliphatic rings. The molecule has 0 saturated heterocycles. The Labute approximate surface area is 102 Å². The molecule has 15 heavy (non-hydrogen) atoms. The van der Waals surface area contributed by atoms with Crippen molar-refractivity contribution in [2.75, 3.05) is 5.73 Å². The second-order valence-electron chi connectivity index (χ2n) is 4.17. The maximum Gasteiger partial charge on any atom is 0.358 e. The van der Waals surface area contributed by atoms with Gasteiger partial charge in [-0.05, 0) is 43.4 Å². The number of aryl methyl sites for hydroxylation is 1. The summed E-state index contributed by atoms with van der Waals surface area (Å²) < 4.78 is 7.30. The molecule has 0 amide bonds. The number of hydrogen-bond donors (Lipinski definition) is 1. The van der Waals surface area contributed by atoms with Crippen LogP contribution in [-0.4, -0.2) is 21.4 Å². The van der Waals surface area contributed by atoms with Crippen molar-refractivity contribution in [1.29, 1.82) is 0 Å². The molecular formula is C9H14IN3O2. The van der Waals surface area contributed by atoms with Gasteiger partial charge in [0.2, 0.25) is 0 Å². The maximum atomic E-state index is 11.8. The van der Waals surface area contributed by atoms with Crippen molar-refractivity contribution in [2.45, 2.75) is 26.4 Å². The molecule has 0 aliphatic carbocycles. The summed E-state index contributed by atoms with van der Waals surface area (Å²) in [5.74, 6) is -0.0578. The first-order valence-electron chi connectivity index (χ1n) is 4.43. The molecule has 1 aromatic rings. The van der Waals surface area contributed by atoms with E-state index in [-0.39, 0.29) is 0 Å². The zero-order valence-corrected chi connectivity index (χ0v) is 11.3. The molecule has 0 fully saturated rings. The monoisotopic (exact) mass is 323 g/mol. The van der Waals surface area contributed by atoms with Crippen LogP contribution in [0.5, 0.6) is 0 Å². The minimum atomic E-state index is -0.515. The zero-order chi connectivity index (χ0) is 11.8. The highest BCUT2D eigenvalue weighted by atomic mass is 127. The van der Waals surface area contributed by atoms with Crippen LogP contribution < -0.4 is 5.73 Å². The van der Waals surface area contributed by atoms with Crippen LogP contribution in [0.1, 0.15) is 31.3 Å². The third-order valence-corrected chi connectivity index (χ3v) is 2.67. The largest absolute Gasteiger partial charge is 0.455 e. The average molecular weight is 323 g/mol. The van der Waals surface area contributed by atoms with Gasteiger partial charge in [0.1, 0.15) is 5.60 Å². The van der Waals surface area contributed by atoms with Gasteiger partial charge in [0, 0.05) is 7.05 Å². The van der Waals surface area contributed by atoms with Crippen LogP contribution in [0, 0.1) is 3.57 Å². The zero-order valence-electron chi connectivity index (χ0n) is 9.17. The third kappa shape index (κ3) is 2.83. The molecule has 5 nitrogen and oxygen atoms in total. The molecule has 1 heterocycles. The van der Waals surface area contributed by atoms with Crippen LogP contribution in [0.4, 0.5) is 5.82 Å². The molecule has 0 saturated carbocycles. The molecule has 0 aromatic carbocycles. The van der Waals surface area contributed by atoms with E-state index in [1.54, 1.807) is 7.05 Å². The summed E-state index contributed by atoms with van der Waals surface area (Å²) in [6.07, 6.45) is 0. The summed E-state index contributed by atoms with van der Waals surface area (Å²) in [5, 5.41) is 3.95. The topological polar surface area (TPSA) is 70.1 Å². The lowest BCUT2D eigenvalue weighted by Crippen LogP contribution is -2.25. The van der Waals surface area contributed by atoms with E-state index in [4.69, 9.17) is 10.5 Å². The lowest BCUT2D eigenvalue weighted by molar-refractivity contribution is 0.00563. The Bertz CT molecular complexity index is 393. The number of nitrogens with two attached hydrogens (primary N) is 1. The fourth-order valence-electron chi connectivity index (χ4n) is 1.07. The van der Waals surface area contributed by atoms with Gasteiger partial charge in [-0.2, -0.15) is 5.10 Å². The van der Waals surface area contributed by atoms with E-state index < -0.39 is 11.6 Å². The Morgan fingerprint density at radius 3 is 2.40 bits per heavy atom. The van der Waals surface area contributed by atoms with Crippen LogP contribution in [-0.2, 0) is 11.8 Å². The minimum absolute atomic E-state index is 0.346. The molecule has 6 heteroatoms. The summed E-state index contributed by atoms with van der Waals surface area (Å²) in [6.45, 7) is 5.45. The fraction of sp³-hybridized carbons (Fsp3) is 0.556. The molecule has 0 bridgehead atoms. The molecule has 1 aromatic heterocycles. The first kappa shape index (κ1) is 12.3. The van der Waals surface area contributed by atoms with Gasteiger partial charge < -0.3 is 10.5 Å². The molecule has 0 atom stereocenters. The number of nitrogen functional groups attached to an aromatic ring is 1. The van der Waals surface area contributed by atoms with E-state index in [2.05, 4.69) is 5.10 Å². The number of hydrogen-bond acceptors (Lipinski definition) is 4. The number of esters is 1. The van der Waals surface area contributed by atoms with Crippen molar-refractivity contribution < 1.29 is 9.53 Å².